The summed E-state index contributed by atoms with van der Waals surface area (Å²) < 4.78 is 0.359. The van der Waals surface area contributed by atoms with Crippen molar-refractivity contribution in [2.75, 3.05) is 6.54 Å². The van der Waals surface area contributed by atoms with Crippen molar-refractivity contribution in [1.82, 2.24) is 5.32 Å². The van der Waals surface area contributed by atoms with Crippen molar-refractivity contribution in [2.45, 2.75) is 13.0 Å². The smallest absolute Gasteiger partial charge is 0.175 e. The van der Waals surface area contributed by atoms with Crippen LogP contribution in [-0.4, -0.2) is 12.3 Å². The van der Waals surface area contributed by atoms with Crippen LogP contribution in [0.1, 0.15) is 21.7 Å². The first-order chi connectivity index (χ1) is 9.59. The summed E-state index contributed by atoms with van der Waals surface area (Å²) in [5.74, 6) is -0.0469. The summed E-state index contributed by atoms with van der Waals surface area (Å²) in [7, 11) is 0. The summed E-state index contributed by atoms with van der Waals surface area (Å²) in [6, 6.07) is 10.0. The van der Waals surface area contributed by atoms with Crippen molar-refractivity contribution >= 4 is 51.9 Å². The first kappa shape index (κ1) is 15.8. The standard InChI is InChI=1S/C14H12Cl3NOS/c15-11-12(16)14(17)20-13(11)10(19)6-7-18-8-9-4-2-1-3-5-9/h1-5,18H,6-8H2. The van der Waals surface area contributed by atoms with Gasteiger partial charge in [0.05, 0.1) is 14.9 Å². The highest BCUT2D eigenvalue weighted by atomic mass is 35.5. The van der Waals surface area contributed by atoms with Crippen molar-refractivity contribution in [2.24, 2.45) is 0 Å². The molecule has 0 aliphatic rings. The van der Waals surface area contributed by atoms with E-state index in [0.29, 0.717) is 22.2 Å². The van der Waals surface area contributed by atoms with E-state index >= 15 is 0 Å². The molecular formula is C14H12Cl3NOS. The summed E-state index contributed by atoms with van der Waals surface area (Å²) in [6.45, 7) is 1.31. The monoisotopic (exact) mass is 347 g/mol. The van der Waals surface area contributed by atoms with E-state index in [2.05, 4.69) is 5.32 Å². The zero-order chi connectivity index (χ0) is 14.5. The SMILES string of the molecule is O=C(CCNCc1ccccc1)c1sc(Cl)c(Cl)c1Cl. The second kappa shape index (κ2) is 7.43. The molecule has 20 heavy (non-hydrogen) atoms. The van der Waals surface area contributed by atoms with Crippen molar-refractivity contribution < 1.29 is 4.79 Å². The summed E-state index contributed by atoms with van der Waals surface area (Å²) in [5.41, 5.74) is 1.18. The second-order valence-electron chi connectivity index (χ2n) is 4.17. The fourth-order valence-electron chi connectivity index (χ4n) is 1.69. The van der Waals surface area contributed by atoms with Gasteiger partial charge < -0.3 is 5.32 Å². The van der Waals surface area contributed by atoms with Gasteiger partial charge in [0.1, 0.15) is 4.34 Å². The molecule has 0 fully saturated rings. The van der Waals surface area contributed by atoms with Gasteiger partial charge in [-0.15, -0.1) is 11.3 Å². The summed E-state index contributed by atoms with van der Waals surface area (Å²) in [4.78, 5) is 12.4. The summed E-state index contributed by atoms with van der Waals surface area (Å²) in [6.07, 6.45) is 0.361. The van der Waals surface area contributed by atoms with Gasteiger partial charge in [-0.05, 0) is 5.56 Å². The lowest BCUT2D eigenvalue weighted by atomic mass is 10.2. The predicted molar refractivity (Wildman–Crippen MR) is 86.4 cm³/mol. The van der Waals surface area contributed by atoms with Crippen LogP contribution >= 0.6 is 46.1 Å². The molecule has 0 atom stereocenters. The van der Waals surface area contributed by atoms with Crippen molar-refractivity contribution in [1.29, 1.82) is 0 Å². The highest BCUT2D eigenvalue weighted by molar-refractivity contribution is 7.19. The van der Waals surface area contributed by atoms with Crippen LogP contribution in [0.15, 0.2) is 30.3 Å². The third kappa shape index (κ3) is 3.96. The molecule has 6 heteroatoms. The number of thiophene rings is 1. The van der Waals surface area contributed by atoms with E-state index in [1.807, 2.05) is 30.3 Å². The molecule has 0 amide bonds. The predicted octanol–water partition coefficient (Wildman–Crippen LogP) is 5.07. The Morgan fingerprint density at radius 3 is 2.40 bits per heavy atom. The molecule has 0 bridgehead atoms. The van der Waals surface area contributed by atoms with Gasteiger partial charge in [0.15, 0.2) is 5.78 Å². The Labute approximate surface area is 136 Å². The first-order valence-corrected chi connectivity index (χ1v) is 7.95. The van der Waals surface area contributed by atoms with Gasteiger partial charge in [0.25, 0.3) is 0 Å². The molecule has 106 valence electrons. The molecule has 2 aromatic rings. The highest BCUT2D eigenvalue weighted by Crippen LogP contribution is 2.40. The van der Waals surface area contributed by atoms with Gasteiger partial charge in [-0.3, -0.25) is 4.79 Å². The third-order valence-corrected chi connectivity index (χ3v) is 5.32. The number of carbonyl (C=O) groups excluding carboxylic acids is 1. The van der Waals surface area contributed by atoms with E-state index in [1.165, 1.54) is 5.56 Å². The maximum Gasteiger partial charge on any atom is 0.175 e. The van der Waals surface area contributed by atoms with Crippen LogP contribution in [0.5, 0.6) is 0 Å². The van der Waals surface area contributed by atoms with Gasteiger partial charge in [-0.25, -0.2) is 0 Å². The molecule has 0 unspecified atom stereocenters. The Bertz CT molecular complexity index is 598. The molecule has 0 radical (unpaired) electrons. The van der Waals surface area contributed by atoms with Crippen LogP contribution in [0.4, 0.5) is 0 Å². The number of carbonyl (C=O) groups is 1. The lowest BCUT2D eigenvalue weighted by molar-refractivity contribution is 0.0986. The molecular weight excluding hydrogens is 337 g/mol. The molecule has 0 spiro atoms. The summed E-state index contributed by atoms with van der Waals surface area (Å²) >= 11 is 18.8. The van der Waals surface area contributed by atoms with E-state index in [1.54, 1.807) is 0 Å². The quantitative estimate of drug-likeness (QED) is 0.583. The number of halogens is 3. The number of nitrogens with one attached hydrogen (secondary N) is 1. The van der Waals surface area contributed by atoms with Gasteiger partial charge in [-0.2, -0.15) is 0 Å². The fourth-order valence-corrected chi connectivity index (χ4v) is 3.48. The molecule has 0 saturated heterocycles. The Balaban J connectivity index is 1.82. The molecule has 1 aromatic carbocycles. The molecule has 0 aliphatic heterocycles. The Kier molecular flexibility index (Phi) is 5.87. The lowest BCUT2D eigenvalue weighted by Crippen LogP contribution is -2.17. The molecule has 1 aromatic heterocycles. The molecule has 2 nitrogen and oxygen atoms in total. The average molecular weight is 349 g/mol. The zero-order valence-electron chi connectivity index (χ0n) is 10.5. The minimum Gasteiger partial charge on any atom is -0.312 e. The van der Waals surface area contributed by atoms with Crippen LogP contribution < -0.4 is 5.32 Å². The first-order valence-electron chi connectivity index (χ1n) is 6.00. The Morgan fingerprint density at radius 2 is 1.80 bits per heavy atom. The van der Waals surface area contributed by atoms with Gasteiger partial charge in [0.2, 0.25) is 0 Å². The van der Waals surface area contributed by atoms with Crippen LogP contribution in [0, 0.1) is 0 Å². The number of Topliss-reactive ketones (excluding diaryl/α,β-unsaturated/α-hetero) is 1. The lowest BCUT2D eigenvalue weighted by Gasteiger charge is -2.04. The largest absolute Gasteiger partial charge is 0.312 e. The van der Waals surface area contributed by atoms with Crippen LogP contribution in [-0.2, 0) is 6.54 Å². The van der Waals surface area contributed by atoms with E-state index in [9.17, 15) is 4.79 Å². The van der Waals surface area contributed by atoms with Gasteiger partial charge >= 0.3 is 0 Å². The second-order valence-corrected chi connectivity index (χ2v) is 6.55. The average Bonchev–Trinajstić information content (AvgIpc) is 2.72. The van der Waals surface area contributed by atoms with Crippen LogP contribution in [0.3, 0.4) is 0 Å². The van der Waals surface area contributed by atoms with Crippen LogP contribution in [0.2, 0.25) is 14.4 Å². The number of hydrogen-bond acceptors (Lipinski definition) is 3. The maximum atomic E-state index is 12.0. The van der Waals surface area contributed by atoms with Crippen molar-refractivity contribution in [3.63, 3.8) is 0 Å². The number of benzene rings is 1. The van der Waals surface area contributed by atoms with Crippen LogP contribution in [0.25, 0.3) is 0 Å². The van der Waals surface area contributed by atoms with Crippen molar-refractivity contribution in [3.05, 3.63) is 55.2 Å². The Morgan fingerprint density at radius 1 is 1.10 bits per heavy atom. The van der Waals surface area contributed by atoms with E-state index in [0.717, 1.165) is 17.9 Å². The van der Waals surface area contributed by atoms with Crippen molar-refractivity contribution in [3.8, 4) is 0 Å². The number of ketones is 1. The van der Waals surface area contributed by atoms with Gasteiger partial charge in [0, 0.05) is 19.5 Å². The summed E-state index contributed by atoms with van der Waals surface area (Å²) in [5, 5.41) is 3.74. The topological polar surface area (TPSA) is 29.1 Å². The highest BCUT2D eigenvalue weighted by Gasteiger charge is 2.19. The molecule has 0 saturated carbocycles. The normalized spacial score (nSPS) is 10.8. The van der Waals surface area contributed by atoms with E-state index in [-0.39, 0.29) is 15.8 Å². The number of hydrogen-bond donors (Lipinski definition) is 1. The van der Waals surface area contributed by atoms with E-state index in [4.69, 9.17) is 34.8 Å². The molecule has 1 N–H and O–H groups in total. The maximum absolute atomic E-state index is 12.0. The Hall–Kier alpha value is -0.580. The molecule has 1 heterocycles. The number of rotatable bonds is 6. The third-order valence-electron chi connectivity index (χ3n) is 2.71. The fraction of sp³-hybridized carbons (Fsp3) is 0.214. The molecule has 0 aliphatic carbocycles. The minimum absolute atomic E-state index is 0.0469. The molecule has 2 rings (SSSR count). The minimum atomic E-state index is -0.0469. The zero-order valence-corrected chi connectivity index (χ0v) is 13.5. The van der Waals surface area contributed by atoms with Gasteiger partial charge in [-0.1, -0.05) is 65.1 Å². The van der Waals surface area contributed by atoms with E-state index < -0.39 is 0 Å².